The minimum absolute atomic E-state index is 0.125. The van der Waals surface area contributed by atoms with Gasteiger partial charge in [-0.1, -0.05) is 69.5 Å². The molecule has 0 saturated carbocycles. The van der Waals surface area contributed by atoms with Crippen molar-refractivity contribution in [3.05, 3.63) is 91.0 Å². The number of carbonyl (C=O) groups excluding carboxylic acids is 2. The maximum Gasteiger partial charge on any atom is 0.333 e. The number of carbonyl (C=O) groups is 2. The molecule has 7 heteroatoms. The molecule has 0 aromatic heterocycles. The number of aliphatic hydroxyl groups excluding tert-OH is 2. The minimum atomic E-state index is -1.10. The minimum Gasteiger partial charge on any atom is -0.455 e. The number of benzene rings is 2. The van der Waals surface area contributed by atoms with E-state index in [0.29, 0.717) is 5.75 Å². The average molecular weight is 443 g/mol. The molecule has 0 spiro atoms. The number of esters is 2. The van der Waals surface area contributed by atoms with Crippen LogP contribution in [0.5, 0.6) is 5.75 Å². The molecule has 0 aliphatic heterocycles. The van der Waals surface area contributed by atoms with E-state index in [1.54, 1.807) is 12.1 Å². The summed E-state index contributed by atoms with van der Waals surface area (Å²) in [5.41, 5.74) is 2.11. The summed E-state index contributed by atoms with van der Waals surface area (Å²) in [7, 11) is 0. The van der Waals surface area contributed by atoms with Gasteiger partial charge in [0.15, 0.2) is 6.61 Å². The van der Waals surface area contributed by atoms with E-state index in [4.69, 9.17) is 24.4 Å². The van der Waals surface area contributed by atoms with Crippen LogP contribution < -0.4 is 4.74 Å². The SMILES string of the molecule is C=CC(=O)OCC(OC(=O)C=C)Oc1ccc(C(C)(C)c2ccccc2)cc1.OCCO. The Kier molecular flexibility index (Phi) is 11.5. The standard InChI is InChI=1S/C23H24O5.C2H6O2/c1-5-20(24)26-16-22(28-21(25)6-2)27-19-14-12-18(13-15-19)23(3,4)17-10-8-7-9-11-17;3-1-2-4/h5-15,22H,1-2,16H2,3-4H3;3-4H,1-2H2. The van der Waals surface area contributed by atoms with Crippen LogP contribution in [0.2, 0.25) is 0 Å². The molecular formula is C25H30O7. The third-order valence-electron chi connectivity index (χ3n) is 4.38. The van der Waals surface area contributed by atoms with Crippen LogP contribution in [0.4, 0.5) is 0 Å². The van der Waals surface area contributed by atoms with Crippen LogP contribution in [0.15, 0.2) is 79.9 Å². The third-order valence-corrected chi connectivity index (χ3v) is 4.38. The molecule has 32 heavy (non-hydrogen) atoms. The molecule has 0 heterocycles. The van der Waals surface area contributed by atoms with Gasteiger partial charge in [0.05, 0.1) is 13.2 Å². The lowest BCUT2D eigenvalue weighted by atomic mass is 9.78. The van der Waals surface area contributed by atoms with Crippen molar-refractivity contribution in [2.45, 2.75) is 25.6 Å². The molecule has 7 nitrogen and oxygen atoms in total. The maximum absolute atomic E-state index is 11.5. The van der Waals surface area contributed by atoms with E-state index in [0.717, 1.165) is 17.7 Å². The number of ether oxygens (including phenoxy) is 3. The van der Waals surface area contributed by atoms with E-state index in [1.807, 2.05) is 30.3 Å². The molecule has 0 aliphatic rings. The van der Waals surface area contributed by atoms with Gasteiger partial charge in [0.1, 0.15) is 5.75 Å². The van der Waals surface area contributed by atoms with Crippen molar-refractivity contribution in [2.75, 3.05) is 19.8 Å². The second kappa shape index (κ2) is 13.8. The van der Waals surface area contributed by atoms with Gasteiger partial charge in [-0.2, -0.15) is 0 Å². The van der Waals surface area contributed by atoms with Gasteiger partial charge in [0.2, 0.25) is 0 Å². The molecule has 2 N–H and O–H groups in total. The molecule has 1 unspecified atom stereocenters. The molecule has 0 saturated heterocycles. The third kappa shape index (κ3) is 8.75. The number of aliphatic hydroxyl groups is 2. The van der Waals surface area contributed by atoms with E-state index in [2.05, 4.69) is 39.1 Å². The summed E-state index contributed by atoms with van der Waals surface area (Å²) in [6.45, 7) is 10.4. The Labute approximate surface area is 188 Å². The van der Waals surface area contributed by atoms with Crippen molar-refractivity contribution in [3.8, 4) is 5.75 Å². The van der Waals surface area contributed by atoms with E-state index < -0.39 is 18.2 Å². The summed E-state index contributed by atoms with van der Waals surface area (Å²) in [6.07, 6.45) is 0.937. The molecule has 0 amide bonds. The maximum atomic E-state index is 11.5. The molecule has 0 fully saturated rings. The van der Waals surface area contributed by atoms with Crippen LogP contribution in [-0.4, -0.2) is 48.3 Å². The summed E-state index contributed by atoms with van der Waals surface area (Å²) in [4.78, 5) is 22.7. The van der Waals surface area contributed by atoms with Crippen LogP contribution in [0, 0.1) is 0 Å². The Morgan fingerprint density at radius 2 is 1.44 bits per heavy atom. The first kappa shape index (κ1) is 26.6. The summed E-state index contributed by atoms with van der Waals surface area (Å²) >= 11 is 0. The van der Waals surface area contributed by atoms with Crippen LogP contribution in [0.1, 0.15) is 25.0 Å². The molecule has 0 radical (unpaired) electrons. The van der Waals surface area contributed by atoms with Crippen molar-refractivity contribution in [2.24, 2.45) is 0 Å². The van der Waals surface area contributed by atoms with Gasteiger partial charge in [0.25, 0.3) is 6.29 Å². The number of hydrogen-bond donors (Lipinski definition) is 2. The molecule has 0 aliphatic carbocycles. The van der Waals surface area contributed by atoms with Crippen molar-refractivity contribution >= 4 is 11.9 Å². The summed E-state index contributed by atoms with van der Waals surface area (Å²) in [5, 5.41) is 15.2. The van der Waals surface area contributed by atoms with Gasteiger partial charge in [-0.25, -0.2) is 9.59 Å². The topological polar surface area (TPSA) is 102 Å². The molecular weight excluding hydrogens is 412 g/mol. The zero-order chi connectivity index (χ0) is 24.0. The summed E-state index contributed by atoms with van der Waals surface area (Å²) < 4.78 is 15.6. The van der Waals surface area contributed by atoms with Crippen molar-refractivity contribution in [3.63, 3.8) is 0 Å². The van der Waals surface area contributed by atoms with Gasteiger partial charge in [0, 0.05) is 17.6 Å². The highest BCUT2D eigenvalue weighted by Gasteiger charge is 2.23. The van der Waals surface area contributed by atoms with E-state index >= 15 is 0 Å². The Bertz CT molecular complexity index is 856. The van der Waals surface area contributed by atoms with E-state index in [1.165, 1.54) is 5.56 Å². The molecule has 2 aromatic rings. The predicted octanol–water partition coefficient (Wildman–Crippen LogP) is 3.15. The van der Waals surface area contributed by atoms with Crippen LogP contribution in [-0.2, 0) is 24.5 Å². The smallest absolute Gasteiger partial charge is 0.333 e. The fourth-order valence-corrected chi connectivity index (χ4v) is 2.60. The number of rotatable bonds is 10. The molecule has 2 rings (SSSR count). The fourth-order valence-electron chi connectivity index (χ4n) is 2.60. The first-order valence-corrected chi connectivity index (χ1v) is 9.95. The number of hydrogen-bond acceptors (Lipinski definition) is 7. The highest BCUT2D eigenvalue weighted by Crippen LogP contribution is 2.32. The van der Waals surface area contributed by atoms with Gasteiger partial charge in [-0.05, 0) is 23.3 Å². The summed E-state index contributed by atoms with van der Waals surface area (Å²) in [5.74, 6) is -0.839. The Morgan fingerprint density at radius 1 is 0.906 bits per heavy atom. The van der Waals surface area contributed by atoms with Crippen LogP contribution >= 0.6 is 0 Å². The first-order valence-electron chi connectivity index (χ1n) is 9.95. The van der Waals surface area contributed by atoms with Gasteiger partial charge in [-0.15, -0.1) is 0 Å². The predicted molar refractivity (Wildman–Crippen MR) is 121 cm³/mol. The Balaban J connectivity index is 0.00000118. The zero-order valence-corrected chi connectivity index (χ0v) is 18.4. The quantitative estimate of drug-likeness (QED) is 0.331. The van der Waals surface area contributed by atoms with Crippen LogP contribution in [0.25, 0.3) is 0 Å². The first-order chi connectivity index (χ1) is 15.3. The molecule has 2 aromatic carbocycles. The zero-order valence-electron chi connectivity index (χ0n) is 18.4. The van der Waals surface area contributed by atoms with Gasteiger partial charge >= 0.3 is 11.9 Å². The Morgan fingerprint density at radius 3 is 1.94 bits per heavy atom. The highest BCUT2D eigenvalue weighted by atomic mass is 16.7. The molecule has 172 valence electrons. The Hall–Kier alpha value is -3.42. The largest absolute Gasteiger partial charge is 0.455 e. The normalized spacial score (nSPS) is 11.2. The van der Waals surface area contributed by atoms with E-state index in [-0.39, 0.29) is 25.2 Å². The second-order valence-corrected chi connectivity index (χ2v) is 6.99. The van der Waals surface area contributed by atoms with Crippen LogP contribution in [0.3, 0.4) is 0 Å². The van der Waals surface area contributed by atoms with Crippen molar-refractivity contribution < 1.29 is 34.0 Å². The van der Waals surface area contributed by atoms with Gasteiger partial charge in [-0.3, -0.25) is 0 Å². The van der Waals surface area contributed by atoms with Crippen molar-refractivity contribution in [1.82, 2.24) is 0 Å². The van der Waals surface area contributed by atoms with Crippen molar-refractivity contribution in [1.29, 1.82) is 0 Å². The lowest BCUT2D eigenvalue weighted by Crippen LogP contribution is -2.29. The summed E-state index contributed by atoms with van der Waals surface area (Å²) in [6, 6.07) is 17.6. The lowest BCUT2D eigenvalue weighted by molar-refractivity contribution is -0.170. The average Bonchev–Trinajstić information content (AvgIpc) is 2.83. The lowest BCUT2D eigenvalue weighted by Gasteiger charge is -2.26. The van der Waals surface area contributed by atoms with Gasteiger partial charge < -0.3 is 24.4 Å². The second-order valence-electron chi connectivity index (χ2n) is 6.99. The molecule has 1 atom stereocenters. The van der Waals surface area contributed by atoms with E-state index in [9.17, 15) is 9.59 Å². The monoisotopic (exact) mass is 442 g/mol. The highest BCUT2D eigenvalue weighted by molar-refractivity contribution is 5.82. The molecule has 0 bridgehead atoms. The fraction of sp³-hybridized carbons (Fsp3) is 0.280.